The average molecular weight is 256 g/mol. The molecular weight excluding hydrogens is 228 g/mol. The molecule has 1 amide bonds. The van der Waals surface area contributed by atoms with E-state index in [4.69, 9.17) is 10.5 Å². The predicted molar refractivity (Wildman–Crippen MR) is 73.4 cm³/mol. The van der Waals surface area contributed by atoms with Crippen molar-refractivity contribution in [3.05, 3.63) is 0 Å². The lowest BCUT2D eigenvalue weighted by atomic mass is 9.80. The minimum atomic E-state index is -0.196. The van der Waals surface area contributed by atoms with Gasteiger partial charge in [0.05, 0.1) is 12.1 Å². The monoisotopic (exact) mass is 256 g/mol. The molecule has 4 heteroatoms. The lowest BCUT2D eigenvalue weighted by molar-refractivity contribution is 0.0315. The molecule has 0 bridgehead atoms. The summed E-state index contributed by atoms with van der Waals surface area (Å²) in [5.41, 5.74) is 5.79. The van der Waals surface area contributed by atoms with Crippen LogP contribution in [-0.2, 0) is 4.74 Å². The third-order valence-corrected chi connectivity index (χ3v) is 3.81. The molecule has 1 fully saturated rings. The Bertz CT molecular complexity index is 261. The first-order valence-corrected chi connectivity index (χ1v) is 7.20. The number of carbonyl (C=O) groups excluding carboxylic acids is 1. The normalized spacial score (nSPS) is 18.7. The summed E-state index contributed by atoms with van der Waals surface area (Å²) in [5.74, 6) is 0.368. The first-order chi connectivity index (χ1) is 8.55. The first kappa shape index (κ1) is 15.3. The lowest BCUT2D eigenvalue weighted by Crippen LogP contribution is -2.57. The van der Waals surface area contributed by atoms with Gasteiger partial charge in [0.2, 0.25) is 0 Å². The maximum Gasteiger partial charge on any atom is 0.410 e. The SMILES string of the molecule is CCN(C(=O)OCC(C)C)C1(CN)CCCCC1. The Labute approximate surface area is 111 Å². The summed E-state index contributed by atoms with van der Waals surface area (Å²) in [4.78, 5) is 14.0. The third kappa shape index (κ3) is 3.61. The molecule has 1 aliphatic rings. The molecule has 0 saturated heterocycles. The smallest absolute Gasteiger partial charge is 0.410 e. The Morgan fingerprint density at radius 2 is 1.94 bits per heavy atom. The van der Waals surface area contributed by atoms with E-state index >= 15 is 0 Å². The zero-order chi connectivity index (χ0) is 13.6. The lowest BCUT2D eigenvalue weighted by Gasteiger charge is -2.44. The van der Waals surface area contributed by atoms with Gasteiger partial charge in [-0.15, -0.1) is 0 Å². The summed E-state index contributed by atoms with van der Waals surface area (Å²) >= 11 is 0. The number of nitrogens with zero attached hydrogens (tertiary/aromatic N) is 1. The van der Waals surface area contributed by atoms with Crippen LogP contribution in [0.15, 0.2) is 0 Å². The number of hydrogen-bond donors (Lipinski definition) is 1. The molecule has 1 saturated carbocycles. The van der Waals surface area contributed by atoms with Crippen LogP contribution in [0.1, 0.15) is 52.9 Å². The Balaban J connectivity index is 2.69. The van der Waals surface area contributed by atoms with Gasteiger partial charge in [-0.2, -0.15) is 0 Å². The molecular formula is C14H28N2O2. The number of ether oxygens (including phenoxy) is 1. The van der Waals surface area contributed by atoms with E-state index in [0.717, 1.165) is 25.7 Å². The Hall–Kier alpha value is -0.770. The maximum atomic E-state index is 12.2. The minimum absolute atomic E-state index is 0.166. The van der Waals surface area contributed by atoms with Crippen LogP contribution in [0.25, 0.3) is 0 Å². The van der Waals surface area contributed by atoms with Crippen molar-refractivity contribution in [2.45, 2.75) is 58.4 Å². The van der Waals surface area contributed by atoms with Crippen LogP contribution in [-0.4, -0.2) is 36.2 Å². The maximum absolute atomic E-state index is 12.2. The Kier molecular flexibility index (Phi) is 5.93. The molecule has 0 atom stereocenters. The molecule has 106 valence electrons. The van der Waals surface area contributed by atoms with E-state index in [1.165, 1.54) is 6.42 Å². The molecule has 18 heavy (non-hydrogen) atoms. The largest absolute Gasteiger partial charge is 0.449 e. The van der Waals surface area contributed by atoms with Gasteiger partial charge in [0, 0.05) is 13.1 Å². The van der Waals surface area contributed by atoms with E-state index < -0.39 is 0 Å². The third-order valence-electron chi connectivity index (χ3n) is 3.81. The van der Waals surface area contributed by atoms with Crippen molar-refractivity contribution < 1.29 is 9.53 Å². The second-order valence-corrected chi connectivity index (χ2v) is 5.70. The molecule has 0 unspecified atom stereocenters. The van der Waals surface area contributed by atoms with Crippen molar-refractivity contribution in [2.75, 3.05) is 19.7 Å². The Morgan fingerprint density at radius 3 is 2.39 bits per heavy atom. The first-order valence-electron chi connectivity index (χ1n) is 7.20. The molecule has 0 heterocycles. The summed E-state index contributed by atoms with van der Waals surface area (Å²) in [6, 6.07) is 0. The number of amides is 1. The number of hydrogen-bond acceptors (Lipinski definition) is 3. The van der Waals surface area contributed by atoms with Crippen LogP contribution in [0, 0.1) is 5.92 Å². The molecule has 1 rings (SSSR count). The minimum Gasteiger partial charge on any atom is -0.449 e. The van der Waals surface area contributed by atoms with Crippen molar-refractivity contribution in [2.24, 2.45) is 11.7 Å². The molecule has 0 aromatic heterocycles. The molecule has 0 spiro atoms. The molecule has 0 aliphatic heterocycles. The fourth-order valence-corrected chi connectivity index (χ4v) is 2.77. The fraction of sp³-hybridized carbons (Fsp3) is 0.929. The van der Waals surface area contributed by atoms with E-state index in [0.29, 0.717) is 25.6 Å². The van der Waals surface area contributed by atoms with Gasteiger partial charge in [0.15, 0.2) is 0 Å². The summed E-state index contributed by atoms with van der Waals surface area (Å²) in [5, 5.41) is 0. The molecule has 0 radical (unpaired) electrons. The van der Waals surface area contributed by atoms with Gasteiger partial charge in [0.25, 0.3) is 0 Å². The van der Waals surface area contributed by atoms with Crippen molar-refractivity contribution >= 4 is 6.09 Å². The molecule has 0 aromatic rings. The summed E-state index contributed by atoms with van der Waals surface area (Å²) < 4.78 is 5.37. The van der Waals surface area contributed by atoms with Gasteiger partial charge in [0.1, 0.15) is 0 Å². The van der Waals surface area contributed by atoms with Crippen LogP contribution >= 0.6 is 0 Å². The van der Waals surface area contributed by atoms with Gasteiger partial charge < -0.3 is 15.4 Å². The summed E-state index contributed by atoms with van der Waals surface area (Å²) in [6.07, 6.45) is 5.39. The highest BCUT2D eigenvalue weighted by Crippen LogP contribution is 2.33. The highest BCUT2D eigenvalue weighted by molar-refractivity contribution is 5.68. The fourth-order valence-electron chi connectivity index (χ4n) is 2.77. The van der Waals surface area contributed by atoms with Gasteiger partial charge in [-0.05, 0) is 25.7 Å². The van der Waals surface area contributed by atoms with Crippen LogP contribution in [0.3, 0.4) is 0 Å². The van der Waals surface area contributed by atoms with Crippen LogP contribution in [0.2, 0.25) is 0 Å². The van der Waals surface area contributed by atoms with Crippen molar-refractivity contribution in [1.82, 2.24) is 4.90 Å². The van der Waals surface area contributed by atoms with Crippen LogP contribution in [0.5, 0.6) is 0 Å². The van der Waals surface area contributed by atoms with Crippen LogP contribution in [0.4, 0.5) is 4.79 Å². The van der Waals surface area contributed by atoms with Crippen LogP contribution < -0.4 is 5.73 Å². The molecule has 1 aliphatic carbocycles. The Morgan fingerprint density at radius 1 is 1.33 bits per heavy atom. The van der Waals surface area contributed by atoms with E-state index in [2.05, 4.69) is 0 Å². The number of likely N-dealkylation sites (N-methyl/N-ethyl adjacent to an activating group) is 1. The second-order valence-electron chi connectivity index (χ2n) is 5.70. The van der Waals surface area contributed by atoms with E-state index in [-0.39, 0.29) is 11.6 Å². The highest BCUT2D eigenvalue weighted by atomic mass is 16.6. The topological polar surface area (TPSA) is 55.6 Å². The van der Waals surface area contributed by atoms with Gasteiger partial charge in [-0.25, -0.2) is 4.79 Å². The number of nitrogens with two attached hydrogens (primary N) is 1. The zero-order valence-electron chi connectivity index (χ0n) is 12.1. The molecule has 2 N–H and O–H groups in total. The van der Waals surface area contributed by atoms with Crippen molar-refractivity contribution in [1.29, 1.82) is 0 Å². The second kappa shape index (κ2) is 6.98. The van der Waals surface area contributed by atoms with Crippen molar-refractivity contribution in [3.63, 3.8) is 0 Å². The standard InChI is InChI=1S/C14H28N2O2/c1-4-16(13(17)18-10-12(2)3)14(11-15)8-6-5-7-9-14/h12H,4-11,15H2,1-3H3. The van der Waals surface area contributed by atoms with Gasteiger partial charge in [-0.1, -0.05) is 33.1 Å². The number of rotatable bonds is 5. The molecule has 0 aromatic carbocycles. The summed E-state index contributed by atoms with van der Waals surface area (Å²) in [7, 11) is 0. The van der Waals surface area contributed by atoms with Gasteiger partial charge >= 0.3 is 6.09 Å². The summed E-state index contributed by atoms with van der Waals surface area (Å²) in [6.45, 7) is 7.79. The zero-order valence-corrected chi connectivity index (χ0v) is 12.1. The van der Waals surface area contributed by atoms with Crippen molar-refractivity contribution in [3.8, 4) is 0 Å². The van der Waals surface area contributed by atoms with Gasteiger partial charge in [-0.3, -0.25) is 0 Å². The van der Waals surface area contributed by atoms with E-state index in [9.17, 15) is 4.79 Å². The highest BCUT2D eigenvalue weighted by Gasteiger charge is 2.39. The average Bonchev–Trinajstić information content (AvgIpc) is 2.38. The predicted octanol–water partition coefficient (Wildman–Crippen LogP) is 2.76. The van der Waals surface area contributed by atoms with E-state index in [1.54, 1.807) is 0 Å². The molecule has 4 nitrogen and oxygen atoms in total. The number of carbonyl (C=O) groups is 1. The van der Waals surface area contributed by atoms with E-state index in [1.807, 2.05) is 25.7 Å². The quantitative estimate of drug-likeness (QED) is 0.823.